The fraction of sp³-hybridized carbons (Fsp3) is 0.667. The molecule has 13 atom stereocenters. The number of hydrogen-bond acceptors (Lipinski definition) is 13. The Bertz CT molecular complexity index is 1960. The largest absolute Gasteiger partial charge is 0.458 e. The van der Waals surface area contributed by atoms with Crippen LogP contribution < -0.4 is 5.32 Å². The molecule has 2 N–H and O–H groups in total. The maximum Gasteiger partial charge on any atom is 0.410 e. The Morgan fingerprint density at radius 2 is 1.79 bits per heavy atom. The number of cyclic esters (lactones) is 1. The van der Waals surface area contributed by atoms with Crippen LogP contribution in [0.5, 0.6) is 0 Å². The molecule has 14 heteroatoms. The number of benzene rings is 1. The van der Waals surface area contributed by atoms with Crippen LogP contribution in [-0.4, -0.2) is 133 Å². The van der Waals surface area contributed by atoms with Gasteiger partial charge in [0.05, 0.1) is 35.3 Å². The molecule has 1 aromatic heterocycles. The zero-order valence-corrected chi connectivity index (χ0v) is 39.0. The van der Waals surface area contributed by atoms with Crippen molar-refractivity contribution in [2.24, 2.45) is 28.7 Å². The maximum absolute atomic E-state index is 14.6. The third-order valence-electron chi connectivity index (χ3n) is 13.4. The van der Waals surface area contributed by atoms with E-state index in [0.29, 0.717) is 32.4 Å². The number of Topliss-reactive ketones (excluding diaryl/α,β-unsaturated/α-hetero) is 1. The average molecular weight is 877 g/mol. The number of carbonyl (C=O) groups excluding carboxylic acids is 3. The Morgan fingerprint density at radius 3 is 2.50 bits per heavy atom. The highest BCUT2D eigenvalue weighted by Crippen LogP contribution is 2.44. The van der Waals surface area contributed by atoms with Gasteiger partial charge in [0.15, 0.2) is 17.7 Å². The molecular weight excluding hydrogens is 809 g/mol. The summed E-state index contributed by atoms with van der Waals surface area (Å²) >= 11 is 1.62. The molecule has 3 saturated heterocycles. The van der Waals surface area contributed by atoms with Crippen LogP contribution in [0.4, 0.5) is 4.79 Å². The molecule has 0 aliphatic carbocycles. The second-order valence-electron chi connectivity index (χ2n) is 18.3. The van der Waals surface area contributed by atoms with Crippen molar-refractivity contribution in [2.75, 3.05) is 40.3 Å². The molecule has 1 amide bonds. The van der Waals surface area contributed by atoms with Crippen molar-refractivity contribution >= 4 is 34.9 Å². The minimum absolute atomic E-state index is 0.00593. The molecule has 0 saturated carbocycles. The number of aliphatic hydroxyl groups excluding tert-OH is 1. The molecular formula is C48H68N4O9S. The fourth-order valence-corrected chi connectivity index (χ4v) is 11.1. The van der Waals surface area contributed by atoms with Gasteiger partial charge in [-0.25, -0.2) is 4.79 Å². The van der Waals surface area contributed by atoms with E-state index in [0.717, 1.165) is 30.1 Å². The number of amides is 1. The van der Waals surface area contributed by atoms with Crippen molar-refractivity contribution in [1.82, 2.24) is 15.1 Å². The van der Waals surface area contributed by atoms with Crippen LogP contribution in [0, 0.1) is 35.5 Å². The van der Waals surface area contributed by atoms with Crippen molar-refractivity contribution in [2.45, 2.75) is 142 Å². The molecule has 62 heavy (non-hydrogen) atoms. The summed E-state index contributed by atoms with van der Waals surface area (Å²) < 4.78 is 32.4. The molecule has 5 heterocycles. The van der Waals surface area contributed by atoms with E-state index in [4.69, 9.17) is 28.7 Å². The van der Waals surface area contributed by atoms with Gasteiger partial charge >= 0.3 is 12.1 Å². The summed E-state index contributed by atoms with van der Waals surface area (Å²) in [6.45, 7) is 17.3. The van der Waals surface area contributed by atoms with Crippen LogP contribution in [-0.2, 0) is 46.2 Å². The molecule has 13 nitrogen and oxygen atoms in total. The first kappa shape index (κ1) is 47.8. The molecule has 6 rings (SSSR count). The number of thiophene rings is 1. The summed E-state index contributed by atoms with van der Waals surface area (Å²) in [6.07, 6.45) is -2.45. The van der Waals surface area contributed by atoms with Gasteiger partial charge in [-0.3, -0.25) is 19.5 Å². The lowest BCUT2D eigenvalue weighted by Gasteiger charge is -2.47. The number of fused-ring (bicyclic) bond motifs is 1. The monoisotopic (exact) mass is 876 g/mol. The highest BCUT2D eigenvalue weighted by atomic mass is 32.1. The quantitative estimate of drug-likeness (QED) is 0.121. The molecule has 0 spiro atoms. The first-order chi connectivity index (χ1) is 29.5. The normalized spacial score (nSPS) is 35.6. The van der Waals surface area contributed by atoms with E-state index in [9.17, 15) is 19.5 Å². The van der Waals surface area contributed by atoms with Crippen LogP contribution in [0.15, 0.2) is 47.5 Å². The molecule has 2 bridgehead atoms. The first-order valence-electron chi connectivity index (χ1n) is 22.4. The Balaban J connectivity index is 1.32. The lowest BCUT2D eigenvalue weighted by atomic mass is 9.73. The number of likely N-dealkylation sites (N-methyl/N-ethyl adjacent to an activating group) is 1. The smallest absolute Gasteiger partial charge is 0.410 e. The molecule has 340 valence electrons. The number of ether oxygens (including phenoxy) is 5. The van der Waals surface area contributed by atoms with Gasteiger partial charge in [0, 0.05) is 41.6 Å². The highest BCUT2D eigenvalue weighted by Gasteiger charge is 2.60. The van der Waals surface area contributed by atoms with Crippen LogP contribution in [0.25, 0.3) is 0 Å². The Hall–Kier alpha value is -3.68. The number of hydrogen-bond donors (Lipinski definition) is 2. The lowest BCUT2D eigenvalue weighted by Crippen LogP contribution is -2.60. The van der Waals surface area contributed by atoms with Gasteiger partial charge in [-0.15, -0.1) is 11.3 Å². The Labute approximate surface area is 372 Å². The molecule has 0 radical (unpaired) electrons. The van der Waals surface area contributed by atoms with Crippen molar-refractivity contribution in [1.29, 1.82) is 0 Å². The number of nitrogens with zero attached hydrogens (tertiary/aromatic N) is 3. The van der Waals surface area contributed by atoms with E-state index >= 15 is 0 Å². The van der Waals surface area contributed by atoms with E-state index < -0.39 is 71.5 Å². The number of aliphatic imine (C=N–C) groups is 1. The predicted molar refractivity (Wildman–Crippen MR) is 239 cm³/mol. The number of aliphatic hydroxyl groups is 1. The second kappa shape index (κ2) is 20.4. The second-order valence-corrected chi connectivity index (χ2v) is 19.5. The zero-order valence-electron chi connectivity index (χ0n) is 38.2. The van der Waals surface area contributed by atoms with Crippen LogP contribution in [0.3, 0.4) is 0 Å². The van der Waals surface area contributed by atoms with Gasteiger partial charge in [-0.2, -0.15) is 0 Å². The third-order valence-corrected chi connectivity index (χ3v) is 14.4. The van der Waals surface area contributed by atoms with Gasteiger partial charge < -0.3 is 39.0 Å². The van der Waals surface area contributed by atoms with E-state index in [-0.39, 0.29) is 30.6 Å². The summed E-state index contributed by atoms with van der Waals surface area (Å²) in [7, 11) is 3.81. The van der Waals surface area contributed by atoms with Crippen molar-refractivity contribution in [3.8, 4) is 11.8 Å². The average Bonchev–Trinajstić information content (AvgIpc) is 3.74. The Kier molecular flexibility index (Phi) is 15.8. The zero-order chi connectivity index (χ0) is 44.9. The molecule has 1 aromatic carbocycles. The SMILES string of the molecule is CC[C@H]1OC(=O)[C@H](C)C(=O)[C@H](C)[C@@H](O[C@@H]2O[C@H](C)C[C@H](N(C)C)[C@H]2O)[C@@](C)(OCC#Cc2ccc(CNCCc3ccccc3)s2)C[C@@H](C)C2=NCCN3C(=O)O[C@@]1(C)[C@H]3[C@H]2C. The Morgan fingerprint density at radius 1 is 1.05 bits per heavy atom. The van der Waals surface area contributed by atoms with Gasteiger partial charge in [0.1, 0.15) is 24.7 Å². The predicted octanol–water partition coefficient (Wildman–Crippen LogP) is 5.89. The summed E-state index contributed by atoms with van der Waals surface area (Å²) in [6, 6.07) is 13.7. The highest BCUT2D eigenvalue weighted by molar-refractivity contribution is 7.12. The lowest BCUT2D eigenvalue weighted by molar-refractivity contribution is -0.296. The summed E-state index contributed by atoms with van der Waals surface area (Å²) in [5, 5.41) is 15.2. The number of ketones is 1. The molecule has 0 unspecified atom stereocenters. The first-order valence-corrected chi connectivity index (χ1v) is 23.2. The van der Waals surface area contributed by atoms with Crippen molar-refractivity contribution in [3.05, 3.63) is 57.8 Å². The molecule has 2 aromatic rings. The van der Waals surface area contributed by atoms with Crippen LogP contribution in [0.2, 0.25) is 0 Å². The van der Waals surface area contributed by atoms with E-state index in [1.165, 1.54) is 10.4 Å². The summed E-state index contributed by atoms with van der Waals surface area (Å²) in [5.74, 6) is 2.74. The topological polar surface area (TPSA) is 148 Å². The number of esters is 1. The number of nitrogens with one attached hydrogen (secondary N) is 1. The van der Waals surface area contributed by atoms with Gasteiger partial charge in [-0.1, -0.05) is 69.9 Å². The minimum atomic E-state index is -1.23. The standard InChI is InChI=1S/C48H68N4O9S/c1-11-38-48(8)42-31(4)39(50-23-24-52(42)46(56)61-48)29(2)27-47(7,57-25-15-18-35-19-20-36(62-35)28-49-22-21-34-16-13-12-14-17-34)43(32(5)40(53)33(6)44(55)59-38)60-45-41(54)37(51(9)10)26-30(3)58-45/h12-14,16-17,19-20,29-33,37-38,41-43,45,49,54H,11,21-28H2,1-10H3/t29-,30-,31+,32+,33-,37+,38-,41-,42-,43-,45+,47+,48-/m1/s1. The van der Waals surface area contributed by atoms with E-state index in [2.05, 4.69) is 61.3 Å². The minimum Gasteiger partial charge on any atom is -0.458 e. The van der Waals surface area contributed by atoms with Crippen molar-refractivity contribution in [3.63, 3.8) is 0 Å². The van der Waals surface area contributed by atoms with E-state index in [1.54, 1.807) is 30.1 Å². The third kappa shape index (κ3) is 10.5. The van der Waals surface area contributed by atoms with E-state index in [1.807, 2.05) is 58.8 Å². The van der Waals surface area contributed by atoms with Crippen molar-refractivity contribution < 1.29 is 43.2 Å². The maximum atomic E-state index is 14.6. The van der Waals surface area contributed by atoms with Gasteiger partial charge in [-0.05, 0) is 97.6 Å². The number of carbonyl (C=O) groups is 3. The number of rotatable bonds is 11. The fourth-order valence-electron chi connectivity index (χ4n) is 10.2. The summed E-state index contributed by atoms with van der Waals surface area (Å²) in [4.78, 5) is 53.0. The molecule has 4 aliphatic rings. The van der Waals surface area contributed by atoms with Gasteiger partial charge in [0.25, 0.3) is 0 Å². The van der Waals surface area contributed by atoms with Crippen LogP contribution in [0.1, 0.15) is 90.0 Å². The van der Waals surface area contributed by atoms with Gasteiger partial charge in [0.2, 0.25) is 0 Å². The molecule has 4 aliphatic heterocycles. The van der Waals surface area contributed by atoms with Crippen LogP contribution >= 0.6 is 11.3 Å². The summed E-state index contributed by atoms with van der Waals surface area (Å²) in [5.41, 5.74) is -0.267. The molecule has 3 fully saturated rings.